The molecule has 5 aliphatic rings. The maximum absolute atomic E-state index is 12.1. The topological polar surface area (TPSA) is 50.4 Å². The number of nitrogens with one attached hydrogen (secondary N) is 2. The average Bonchev–Trinajstić information content (AvgIpc) is 2.46. The number of amides is 1. The molecule has 0 radical (unpaired) electrons. The lowest BCUT2D eigenvalue weighted by molar-refractivity contribution is -0.134. The van der Waals surface area contributed by atoms with Crippen molar-refractivity contribution in [3.63, 3.8) is 0 Å². The molecule has 1 heterocycles. The van der Waals surface area contributed by atoms with E-state index in [9.17, 15) is 4.79 Å². The summed E-state index contributed by atoms with van der Waals surface area (Å²) in [5, 5.41) is 6.34. The van der Waals surface area contributed by atoms with Crippen molar-refractivity contribution in [2.45, 2.75) is 51.0 Å². The van der Waals surface area contributed by atoms with Crippen LogP contribution in [0.2, 0.25) is 0 Å². The molecule has 1 amide bonds. The first kappa shape index (κ1) is 14.0. The SMILES string of the molecule is O=C(NCCC12CC3CC(CC(C3)C1)C2)C1CNCCO1. The van der Waals surface area contributed by atoms with Crippen molar-refractivity contribution in [2.24, 2.45) is 23.2 Å². The van der Waals surface area contributed by atoms with E-state index in [0.717, 1.165) is 30.8 Å². The number of carbonyl (C=O) groups excluding carboxylic acids is 1. The summed E-state index contributed by atoms with van der Waals surface area (Å²) in [6.07, 6.45) is 9.66. The quantitative estimate of drug-likeness (QED) is 0.829. The average molecular weight is 292 g/mol. The third kappa shape index (κ3) is 2.85. The Morgan fingerprint density at radius 2 is 1.81 bits per heavy atom. The fourth-order valence-electron chi connectivity index (χ4n) is 5.89. The summed E-state index contributed by atoms with van der Waals surface area (Å²) >= 11 is 0. The summed E-state index contributed by atoms with van der Waals surface area (Å²) in [5.41, 5.74) is 0.563. The van der Waals surface area contributed by atoms with E-state index in [2.05, 4.69) is 10.6 Å². The fourth-order valence-corrected chi connectivity index (χ4v) is 5.89. The predicted octanol–water partition coefficient (Wildman–Crippen LogP) is 1.70. The van der Waals surface area contributed by atoms with E-state index in [1.165, 1.54) is 44.9 Å². The van der Waals surface area contributed by atoms with Gasteiger partial charge in [-0.2, -0.15) is 0 Å². The highest BCUT2D eigenvalue weighted by Crippen LogP contribution is 2.61. The Hall–Kier alpha value is -0.610. The van der Waals surface area contributed by atoms with Crippen LogP contribution in [0.3, 0.4) is 0 Å². The second kappa shape index (κ2) is 5.54. The minimum absolute atomic E-state index is 0.0759. The van der Waals surface area contributed by atoms with Crippen LogP contribution in [0.25, 0.3) is 0 Å². The molecule has 1 unspecified atom stereocenters. The number of carbonyl (C=O) groups is 1. The van der Waals surface area contributed by atoms with E-state index >= 15 is 0 Å². The number of rotatable bonds is 4. The zero-order valence-electron chi connectivity index (χ0n) is 12.9. The van der Waals surface area contributed by atoms with Gasteiger partial charge in [0.25, 0.3) is 0 Å². The Bertz CT molecular complexity index is 368. The zero-order chi connectivity index (χ0) is 14.3. The normalized spacial score (nSPS) is 44.8. The summed E-state index contributed by atoms with van der Waals surface area (Å²) in [4.78, 5) is 12.1. The lowest BCUT2D eigenvalue weighted by Crippen LogP contribution is -2.50. The first-order chi connectivity index (χ1) is 10.2. The van der Waals surface area contributed by atoms with Gasteiger partial charge in [0.1, 0.15) is 6.10 Å². The van der Waals surface area contributed by atoms with Crippen molar-refractivity contribution in [1.29, 1.82) is 0 Å². The molecular weight excluding hydrogens is 264 g/mol. The first-order valence-electron chi connectivity index (χ1n) is 8.82. The summed E-state index contributed by atoms with van der Waals surface area (Å²) in [6, 6.07) is 0. The highest BCUT2D eigenvalue weighted by molar-refractivity contribution is 5.81. The molecule has 5 rings (SSSR count). The van der Waals surface area contributed by atoms with Gasteiger partial charge in [0.2, 0.25) is 5.91 Å². The second-order valence-corrected chi connectivity index (χ2v) is 8.02. The molecule has 4 bridgehead atoms. The van der Waals surface area contributed by atoms with Gasteiger partial charge >= 0.3 is 0 Å². The van der Waals surface area contributed by atoms with Crippen LogP contribution in [0, 0.1) is 23.2 Å². The lowest BCUT2D eigenvalue weighted by atomic mass is 9.49. The molecule has 1 aliphatic heterocycles. The van der Waals surface area contributed by atoms with E-state index in [4.69, 9.17) is 4.74 Å². The van der Waals surface area contributed by atoms with E-state index in [1.807, 2.05) is 0 Å². The van der Waals surface area contributed by atoms with E-state index in [-0.39, 0.29) is 12.0 Å². The van der Waals surface area contributed by atoms with Crippen LogP contribution in [0.1, 0.15) is 44.9 Å². The summed E-state index contributed by atoms with van der Waals surface area (Å²) in [6.45, 7) is 3.00. The van der Waals surface area contributed by atoms with Crippen LogP contribution in [0.15, 0.2) is 0 Å². The minimum Gasteiger partial charge on any atom is -0.366 e. The van der Waals surface area contributed by atoms with Gasteiger partial charge in [-0.1, -0.05) is 0 Å². The highest BCUT2D eigenvalue weighted by Gasteiger charge is 2.50. The molecule has 0 aromatic carbocycles. The smallest absolute Gasteiger partial charge is 0.250 e. The Morgan fingerprint density at radius 1 is 1.14 bits per heavy atom. The van der Waals surface area contributed by atoms with Crippen LogP contribution in [0.5, 0.6) is 0 Å². The zero-order valence-corrected chi connectivity index (χ0v) is 12.9. The Morgan fingerprint density at radius 3 is 2.38 bits per heavy atom. The van der Waals surface area contributed by atoms with Crippen molar-refractivity contribution >= 4 is 5.91 Å². The molecule has 4 saturated carbocycles. The number of ether oxygens (including phenoxy) is 1. The Kier molecular flexibility index (Phi) is 3.70. The monoisotopic (exact) mass is 292 g/mol. The summed E-state index contributed by atoms with van der Waals surface area (Å²) in [7, 11) is 0. The van der Waals surface area contributed by atoms with Crippen LogP contribution in [0.4, 0.5) is 0 Å². The molecule has 0 aromatic rings. The molecule has 4 heteroatoms. The predicted molar refractivity (Wildman–Crippen MR) is 80.8 cm³/mol. The highest BCUT2D eigenvalue weighted by atomic mass is 16.5. The molecule has 1 saturated heterocycles. The molecular formula is C17H28N2O2. The Balaban J connectivity index is 1.28. The maximum Gasteiger partial charge on any atom is 0.250 e. The maximum atomic E-state index is 12.1. The molecule has 118 valence electrons. The van der Waals surface area contributed by atoms with Gasteiger partial charge in [-0.05, 0) is 68.1 Å². The standard InChI is InChI=1S/C17H28N2O2/c20-16(15-11-18-3-4-21-15)19-2-1-17-8-12-5-13(9-17)7-14(6-12)10-17/h12-15,18H,1-11H2,(H,19,20). The molecule has 5 fully saturated rings. The van der Waals surface area contributed by atoms with Crippen molar-refractivity contribution in [3.8, 4) is 0 Å². The van der Waals surface area contributed by atoms with E-state index in [0.29, 0.717) is 18.6 Å². The van der Waals surface area contributed by atoms with E-state index in [1.54, 1.807) is 0 Å². The molecule has 0 aromatic heterocycles. The van der Waals surface area contributed by atoms with Crippen molar-refractivity contribution in [2.75, 3.05) is 26.2 Å². The van der Waals surface area contributed by atoms with Crippen LogP contribution < -0.4 is 10.6 Å². The third-order valence-electron chi connectivity index (χ3n) is 6.34. The van der Waals surface area contributed by atoms with Gasteiger partial charge in [0.15, 0.2) is 0 Å². The second-order valence-electron chi connectivity index (χ2n) is 8.02. The van der Waals surface area contributed by atoms with Gasteiger partial charge in [0.05, 0.1) is 6.61 Å². The summed E-state index contributed by atoms with van der Waals surface area (Å²) < 4.78 is 5.51. The first-order valence-corrected chi connectivity index (χ1v) is 8.82. The van der Waals surface area contributed by atoms with Crippen molar-refractivity contribution in [3.05, 3.63) is 0 Å². The van der Waals surface area contributed by atoms with Gasteiger partial charge in [-0.25, -0.2) is 0 Å². The molecule has 0 spiro atoms. The minimum atomic E-state index is -0.282. The largest absolute Gasteiger partial charge is 0.366 e. The molecule has 4 aliphatic carbocycles. The summed E-state index contributed by atoms with van der Waals surface area (Å²) in [5.74, 6) is 3.07. The van der Waals surface area contributed by atoms with Gasteiger partial charge < -0.3 is 15.4 Å². The van der Waals surface area contributed by atoms with Gasteiger partial charge in [-0.3, -0.25) is 4.79 Å². The van der Waals surface area contributed by atoms with Gasteiger partial charge in [-0.15, -0.1) is 0 Å². The molecule has 4 nitrogen and oxygen atoms in total. The van der Waals surface area contributed by atoms with E-state index < -0.39 is 0 Å². The fraction of sp³-hybridized carbons (Fsp3) is 0.941. The lowest BCUT2D eigenvalue weighted by Gasteiger charge is -2.57. The number of hydrogen-bond acceptors (Lipinski definition) is 3. The van der Waals surface area contributed by atoms with Crippen LogP contribution >= 0.6 is 0 Å². The van der Waals surface area contributed by atoms with Crippen LogP contribution in [-0.4, -0.2) is 38.3 Å². The van der Waals surface area contributed by atoms with Crippen LogP contribution in [-0.2, 0) is 9.53 Å². The number of hydrogen-bond donors (Lipinski definition) is 2. The molecule has 1 atom stereocenters. The molecule has 2 N–H and O–H groups in total. The van der Waals surface area contributed by atoms with Crippen molar-refractivity contribution in [1.82, 2.24) is 10.6 Å². The van der Waals surface area contributed by atoms with Gasteiger partial charge in [0, 0.05) is 19.6 Å². The molecule has 21 heavy (non-hydrogen) atoms. The number of morpholine rings is 1. The third-order valence-corrected chi connectivity index (χ3v) is 6.34. The Labute approximate surface area is 127 Å². The van der Waals surface area contributed by atoms with Crippen molar-refractivity contribution < 1.29 is 9.53 Å².